The molecule has 2 nitrogen and oxygen atoms in total. The molecular weight excluding hydrogens is 126 g/mol. The van der Waals surface area contributed by atoms with Crippen LogP contribution < -0.4 is 5.73 Å². The zero-order chi connectivity index (χ0) is 7.19. The van der Waals surface area contributed by atoms with E-state index in [4.69, 9.17) is 10.5 Å². The summed E-state index contributed by atoms with van der Waals surface area (Å²) in [6, 6.07) is 0.413. The smallest absolute Gasteiger partial charge is 0.0644 e. The van der Waals surface area contributed by atoms with Gasteiger partial charge < -0.3 is 10.5 Å². The zero-order valence-electron chi connectivity index (χ0n) is 6.47. The highest BCUT2D eigenvalue weighted by Crippen LogP contribution is 2.50. The van der Waals surface area contributed by atoms with Crippen molar-refractivity contribution in [2.24, 2.45) is 11.1 Å². The first-order valence-electron chi connectivity index (χ1n) is 4.11. The van der Waals surface area contributed by atoms with Crippen molar-refractivity contribution in [2.75, 3.05) is 6.61 Å². The Labute approximate surface area is 61.7 Å². The number of rotatable bonds is 1. The van der Waals surface area contributed by atoms with Gasteiger partial charge in [0.05, 0.1) is 6.10 Å². The van der Waals surface area contributed by atoms with Gasteiger partial charge in [0, 0.05) is 18.1 Å². The lowest BCUT2D eigenvalue weighted by atomic mass is 9.98. The summed E-state index contributed by atoms with van der Waals surface area (Å²) >= 11 is 0. The molecule has 0 spiro atoms. The summed E-state index contributed by atoms with van der Waals surface area (Å²) in [7, 11) is 0. The van der Waals surface area contributed by atoms with E-state index in [1.165, 1.54) is 12.8 Å². The van der Waals surface area contributed by atoms with Gasteiger partial charge in [-0.3, -0.25) is 0 Å². The first-order chi connectivity index (χ1) is 4.73. The van der Waals surface area contributed by atoms with Crippen LogP contribution in [0.5, 0.6) is 0 Å². The average Bonchev–Trinajstić information content (AvgIpc) is 2.35. The van der Waals surface area contributed by atoms with Crippen molar-refractivity contribution in [2.45, 2.75) is 38.3 Å². The van der Waals surface area contributed by atoms with Crippen LogP contribution in [-0.2, 0) is 4.74 Å². The second-order valence-corrected chi connectivity index (χ2v) is 3.82. The number of ether oxygens (including phenoxy) is 1. The lowest BCUT2D eigenvalue weighted by Gasteiger charge is -2.17. The highest BCUT2D eigenvalue weighted by molar-refractivity contribution is 5.08. The van der Waals surface area contributed by atoms with Crippen molar-refractivity contribution in [3.63, 3.8) is 0 Å². The molecule has 0 aromatic rings. The molecule has 1 heterocycles. The van der Waals surface area contributed by atoms with E-state index in [9.17, 15) is 0 Å². The van der Waals surface area contributed by atoms with Gasteiger partial charge in [-0.25, -0.2) is 0 Å². The average molecular weight is 141 g/mol. The Balaban J connectivity index is 1.99. The van der Waals surface area contributed by atoms with Crippen molar-refractivity contribution in [1.82, 2.24) is 0 Å². The molecule has 1 saturated carbocycles. The Morgan fingerprint density at radius 1 is 1.60 bits per heavy atom. The molecule has 58 valence electrons. The van der Waals surface area contributed by atoms with Crippen LogP contribution in [0.2, 0.25) is 0 Å². The van der Waals surface area contributed by atoms with Gasteiger partial charge in [0.15, 0.2) is 0 Å². The minimum Gasteiger partial charge on any atom is -0.378 e. The third-order valence-electron chi connectivity index (χ3n) is 3.01. The van der Waals surface area contributed by atoms with Crippen LogP contribution in [0.3, 0.4) is 0 Å². The molecule has 1 aliphatic heterocycles. The second kappa shape index (κ2) is 1.95. The largest absolute Gasteiger partial charge is 0.378 e. The van der Waals surface area contributed by atoms with E-state index < -0.39 is 0 Å². The normalized spacial score (nSPS) is 53.4. The van der Waals surface area contributed by atoms with Gasteiger partial charge in [-0.15, -0.1) is 0 Å². The molecule has 2 heteroatoms. The standard InChI is InChI=1S/C8H15NO/c1-8(5-6(8)9)7-3-2-4-10-7/h6-7H,2-5,9H2,1H3. The van der Waals surface area contributed by atoms with Crippen LogP contribution in [0.1, 0.15) is 26.2 Å². The molecule has 0 radical (unpaired) electrons. The summed E-state index contributed by atoms with van der Waals surface area (Å²) in [4.78, 5) is 0. The van der Waals surface area contributed by atoms with Crippen LogP contribution in [0.25, 0.3) is 0 Å². The molecule has 0 aromatic carbocycles. The minimum absolute atomic E-state index is 0.344. The summed E-state index contributed by atoms with van der Waals surface area (Å²) in [5, 5.41) is 0. The third-order valence-corrected chi connectivity index (χ3v) is 3.01. The van der Waals surface area contributed by atoms with Gasteiger partial charge in [0.25, 0.3) is 0 Å². The molecule has 2 N–H and O–H groups in total. The fourth-order valence-corrected chi connectivity index (χ4v) is 1.88. The maximum Gasteiger partial charge on any atom is 0.0644 e. The fraction of sp³-hybridized carbons (Fsp3) is 1.00. The number of nitrogens with two attached hydrogens (primary N) is 1. The molecular formula is C8H15NO. The Morgan fingerprint density at radius 3 is 2.70 bits per heavy atom. The summed E-state index contributed by atoms with van der Waals surface area (Å²) in [6.07, 6.45) is 4.09. The second-order valence-electron chi connectivity index (χ2n) is 3.82. The maximum absolute atomic E-state index is 5.80. The summed E-state index contributed by atoms with van der Waals surface area (Å²) in [5.74, 6) is 0. The Bertz CT molecular complexity index is 142. The Kier molecular flexibility index (Phi) is 1.29. The lowest BCUT2D eigenvalue weighted by molar-refractivity contribution is 0.0566. The predicted molar refractivity (Wildman–Crippen MR) is 39.7 cm³/mol. The SMILES string of the molecule is CC1(C2CCCO2)CC1N. The van der Waals surface area contributed by atoms with Gasteiger partial charge in [0.2, 0.25) is 0 Å². The fourth-order valence-electron chi connectivity index (χ4n) is 1.88. The van der Waals surface area contributed by atoms with E-state index >= 15 is 0 Å². The van der Waals surface area contributed by atoms with Crippen LogP contribution in [0.4, 0.5) is 0 Å². The van der Waals surface area contributed by atoms with Gasteiger partial charge >= 0.3 is 0 Å². The first kappa shape index (κ1) is 6.62. The van der Waals surface area contributed by atoms with Gasteiger partial charge in [-0.2, -0.15) is 0 Å². The van der Waals surface area contributed by atoms with Gasteiger partial charge in [0.1, 0.15) is 0 Å². The molecule has 2 rings (SSSR count). The van der Waals surface area contributed by atoms with Crippen LogP contribution in [0.15, 0.2) is 0 Å². The van der Waals surface area contributed by atoms with E-state index in [1.807, 2.05) is 0 Å². The topological polar surface area (TPSA) is 35.2 Å². The Hall–Kier alpha value is -0.0800. The van der Waals surface area contributed by atoms with Crippen molar-refractivity contribution < 1.29 is 4.74 Å². The lowest BCUT2D eigenvalue weighted by Crippen LogP contribution is -2.24. The molecule has 3 atom stereocenters. The molecule has 3 unspecified atom stereocenters. The van der Waals surface area contributed by atoms with Gasteiger partial charge in [-0.05, 0) is 19.3 Å². The van der Waals surface area contributed by atoms with E-state index in [-0.39, 0.29) is 0 Å². The predicted octanol–water partition coefficient (Wildman–Crippen LogP) is 0.903. The van der Waals surface area contributed by atoms with E-state index in [1.54, 1.807) is 0 Å². The highest BCUT2D eigenvalue weighted by Gasteiger charge is 2.54. The summed E-state index contributed by atoms with van der Waals surface area (Å²) in [6.45, 7) is 3.20. The van der Waals surface area contributed by atoms with E-state index in [0.717, 1.165) is 13.0 Å². The monoisotopic (exact) mass is 141 g/mol. The Morgan fingerprint density at radius 2 is 2.30 bits per heavy atom. The summed E-state index contributed by atoms with van der Waals surface area (Å²) in [5.41, 5.74) is 6.14. The van der Waals surface area contributed by atoms with E-state index in [0.29, 0.717) is 17.6 Å². The molecule has 10 heavy (non-hydrogen) atoms. The van der Waals surface area contributed by atoms with Crippen molar-refractivity contribution >= 4 is 0 Å². The minimum atomic E-state index is 0.344. The highest BCUT2D eigenvalue weighted by atomic mass is 16.5. The van der Waals surface area contributed by atoms with Crippen LogP contribution in [-0.4, -0.2) is 18.8 Å². The molecule has 1 aliphatic carbocycles. The van der Waals surface area contributed by atoms with Crippen molar-refractivity contribution in [3.05, 3.63) is 0 Å². The summed E-state index contributed by atoms with van der Waals surface area (Å²) < 4.78 is 5.57. The van der Waals surface area contributed by atoms with Crippen molar-refractivity contribution in [1.29, 1.82) is 0 Å². The molecule has 2 fully saturated rings. The quantitative estimate of drug-likeness (QED) is 0.589. The number of hydrogen-bond acceptors (Lipinski definition) is 2. The maximum atomic E-state index is 5.80. The molecule has 1 saturated heterocycles. The van der Waals surface area contributed by atoms with Crippen molar-refractivity contribution in [3.8, 4) is 0 Å². The zero-order valence-corrected chi connectivity index (χ0v) is 6.47. The molecule has 0 bridgehead atoms. The third kappa shape index (κ3) is 0.789. The van der Waals surface area contributed by atoms with Crippen LogP contribution >= 0.6 is 0 Å². The number of hydrogen-bond donors (Lipinski definition) is 1. The molecule has 0 amide bonds. The van der Waals surface area contributed by atoms with E-state index in [2.05, 4.69) is 6.92 Å². The first-order valence-corrected chi connectivity index (χ1v) is 4.11. The van der Waals surface area contributed by atoms with Gasteiger partial charge in [-0.1, -0.05) is 6.92 Å². The molecule has 0 aromatic heterocycles. The molecule has 2 aliphatic rings. The van der Waals surface area contributed by atoms with Crippen LogP contribution in [0, 0.1) is 5.41 Å².